The van der Waals surface area contributed by atoms with Crippen molar-refractivity contribution in [2.75, 3.05) is 6.54 Å². The molecule has 0 saturated carbocycles. The van der Waals surface area contributed by atoms with E-state index in [2.05, 4.69) is 25.9 Å². The second kappa shape index (κ2) is 5.78. The van der Waals surface area contributed by atoms with Crippen LogP contribution in [0.1, 0.15) is 45.3 Å². The van der Waals surface area contributed by atoms with Gasteiger partial charge in [-0.3, -0.25) is 4.90 Å². The molecule has 3 heterocycles. The number of pyridine rings is 1. The fourth-order valence-electron chi connectivity index (χ4n) is 2.89. The molecule has 7 heteroatoms. The molecular weight excluding hydrogens is 365 g/mol. The van der Waals surface area contributed by atoms with Crippen LogP contribution in [0.4, 0.5) is 9.18 Å². The average Bonchev–Trinajstić information content (AvgIpc) is 3.01. The predicted octanol–water partition coefficient (Wildman–Crippen LogP) is 4.54. The molecular formula is C16H19BrFN3O2. The zero-order chi connectivity index (χ0) is 16.8. The third-order valence-electron chi connectivity index (χ3n) is 3.83. The second-order valence-corrected chi connectivity index (χ2v) is 7.55. The summed E-state index contributed by atoms with van der Waals surface area (Å²) < 4.78 is 20.8. The largest absolute Gasteiger partial charge is 0.444 e. The zero-order valence-corrected chi connectivity index (χ0v) is 14.9. The first-order chi connectivity index (χ1) is 10.8. The van der Waals surface area contributed by atoms with E-state index in [4.69, 9.17) is 4.74 Å². The van der Waals surface area contributed by atoms with Crippen LogP contribution in [0, 0.1) is 5.82 Å². The molecule has 1 saturated heterocycles. The third kappa shape index (κ3) is 3.20. The molecule has 23 heavy (non-hydrogen) atoms. The minimum absolute atomic E-state index is 0.337. The van der Waals surface area contributed by atoms with E-state index in [1.165, 1.54) is 6.20 Å². The van der Waals surface area contributed by atoms with Crippen molar-refractivity contribution >= 4 is 32.9 Å². The van der Waals surface area contributed by atoms with Crippen molar-refractivity contribution < 1.29 is 13.9 Å². The number of amides is 1. The van der Waals surface area contributed by atoms with Gasteiger partial charge in [0.15, 0.2) is 5.82 Å². The van der Waals surface area contributed by atoms with Gasteiger partial charge in [-0.25, -0.2) is 14.2 Å². The number of aromatic nitrogens is 2. The predicted molar refractivity (Wildman–Crippen MR) is 88.7 cm³/mol. The molecule has 1 N–H and O–H groups in total. The van der Waals surface area contributed by atoms with Crippen LogP contribution in [0.3, 0.4) is 0 Å². The highest BCUT2D eigenvalue weighted by Crippen LogP contribution is 2.36. The highest BCUT2D eigenvalue weighted by atomic mass is 79.9. The van der Waals surface area contributed by atoms with E-state index in [1.807, 2.05) is 20.8 Å². The standard InChI is InChI=1S/C16H19BrFN3O2/c1-16(2,3)23-15(22)21-6-4-5-11(21)14-13(18)9-8-19-12(17)7-10(9)20-14/h7-8,11,20H,4-6H2,1-3H3/t11-/m1/s1. The lowest BCUT2D eigenvalue weighted by Crippen LogP contribution is -2.36. The van der Waals surface area contributed by atoms with Gasteiger partial charge in [0.2, 0.25) is 0 Å². The number of H-pyrrole nitrogens is 1. The molecule has 124 valence electrons. The van der Waals surface area contributed by atoms with Gasteiger partial charge in [-0.05, 0) is 55.6 Å². The van der Waals surface area contributed by atoms with E-state index in [0.29, 0.717) is 34.2 Å². The van der Waals surface area contributed by atoms with Gasteiger partial charge >= 0.3 is 6.09 Å². The highest BCUT2D eigenvalue weighted by Gasteiger charge is 2.36. The van der Waals surface area contributed by atoms with Crippen molar-refractivity contribution in [3.05, 3.63) is 28.4 Å². The van der Waals surface area contributed by atoms with Crippen LogP contribution in [0.5, 0.6) is 0 Å². The fourth-order valence-corrected chi connectivity index (χ4v) is 3.22. The van der Waals surface area contributed by atoms with Crippen LogP contribution in [0.15, 0.2) is 16.9 Å². The van der Waals surface area contributed by atoms with Crippen molar-refractivity contribution in [1.82, 2.24) is 14.9 Å². The molecule has 0 aromatic carbocycles. The zero-order valence-electron chi connectivity index (χ0n) is 13.3. The molecule has 2 aromatic rings. The summed E-state index contributed by atoms with van der Waals surface area (Å²) in [5.74, 6) is -0.347. The minimum atomic E-state index is -0.571. The Labute approximate surface area is 142 Å². The first-order valence-electron chi connectivity index (χ1n) is 7.58. The number of carbonyl (C=O) groups excluding carboxylic acids is 1. The van der Waals surface area contributed by atoms with E-state index < -0.39 is 11.7 Å². The molecule has 0 unspecified atom stereocenters. The number of halogens is 2. The number of hydrogen-bond donors (Lipinski definition) is 1. The number of ether oxygens (including phenoxy) is 1. The molecule has 1 amide bonds. The Kier molecular flexibility index (Phi) is 4.08. The van der Waals surface area contributed by atoms with E-state index in [1.54, 1.807) is 11.0 Å². The Bertz CT molecular complexity index is 754. The molecule has 0 bridgehead atoms. The molecule has 1 aliphatic heterocycles. The van der Waals surface area contributed by atoms with Crippen LogP contribution >= 0.6 is 15.9 Å². The summed E-state index contributed by atoms with van der Waals surface area (Å²) in [6, 6.07) is 1.39. The number of likely N-dealkylation sites (tertiary alicyclic amines) is 1. The third-order valence-corrected chi connectivity index (χ3v) is 4.26. The molecule has 5 nitrogen and oxygen atoms in total. The number of rotatable bonds is 1. The normalized spacial score (nSPS) is 18.7. The summed E-state index contributed by atoms with van der Waals surface area (Å²) >= 11 is 3.28. The van der Waals surface area contributed by atoms with E-state index in [9.17, 15) is 9.18 Å². The van der Waals surface area contributed by atoms with Crippen LogP contribution in [0.25, 0.3) is 10.9 Å². The monoisotopic (exact) mass is 383 g/mol. The molecule has 0 radical (unpaired) electrons. The number of nitrogens with zero attached hydrogens (tertiary/aromatic N) is 2. The van der Waals surface area contributed by atoms with Crippen molar-refractivity contribution in [3.63, 3.8) is 0 Å². The first kappa shape index (κ1) is 16.2. The summed E-state index contributed by atoms with van der Waals surface area (Å²) in [6.07, 6.45) is 2.61. The molecule has 2 aromatic heterocycles. The Morgan fingerprint density at radius 3 is 2.96 bits per heavy atom. The van der Waals surface area contributed by atoms with Gasteiger partial charge < -0.3 is 9.72 Å². The van der Waals surface area contributed by atoms with Gasteiger partial charge in [0, 0.05) is 12.7 Å². The Morgan fingerprint density at radius 1 is 1.52 bits per heavy atom. The Morgan fingerprint density at radius 2 is 2.26 bits per heavy atom. The lowest BCUT2D eigenvalue weighted by molar-refractivity contribution is 0.0220. The molecule has 1 fully saturated rings. The van der Waals surface area contributed by atoms with E-state index in [0.717, 1.165) is 6.42 Å². The van der Waals surface area contributed by atoms with Gasteiger partial charge in [-0.15, -0.1) is 0 Å². The number of hydrogen-bond acceptors (Lipinski definition) is 3. The van der Waals surface area contributed by atoms with Gasteiger partial charge in [0.05, 0.1) is 22.6 Å². The molecule has 0 aliphatic carbocycles. The maximum atomic E-state index is 14.7. The quantitative estimate of drug-likeness (QED) is 0.735. The first-order valence-corrected chi connectivity index (χ1v) is 8.38. The van der Waals surface area contributed by atoms with Crippen molar-refractivity contribution in [2.45, 2.75) is 45.3 Å². The van der Waals surface area contributed by atoms with E-state index >= 15 is 0 Å². The van der Waals surface area contributed by atoms with Crippen LogP contribution in [-0.4, -0.2) is 33.1 Å². The number of fused-ring (bicyclic) bond motifs is 1. The maximum Gasteiger partial charge on any atom is 0.410 e. The fraction of sp³-hybridized carbons (Fsp3) is 0.500. The van der Waals surface area contributed by atoms with Crippen molar-refractivity contribution in [3.8, 4) is 0 Å². The lowest BCUT2D eigenvalue weighted by atomic mass is 10.1. The number of aromatic amines is 1. The van der Waals surface area contributed by atoms with Crippen LogP contribution in [0.2, 0.25) is 0 Å². The van der Waals surface area contributed by atoms with Crippen LogP contribution in [-0.2, 0) is 4.74 Å². The molecule has 1 atom stereocenters. The summed E-state index contributed by atoms with van der Waals surface area (Å²) in [6.45, 7) is 6.03. The lowest BCUT2D eigenvalue weighted by Gasteiger charge is -2.28. The Balaban J connectivity index is 1.94. The summed E-state index contributed by atoms with van der Waals surface area (Å²) in [5, 5.41) is 0.430. The maximum absolute atomic E-state index is 14.7. The minimum Gasteiger partial charge on any atom is -0.444 e. The van der Waals surface area contributed by atoms with Gasteiger partial charge in [-0.2, -0.15) is 0 Å². The average molecular weight is 384 g/mol. The molecule has 1 aliphatic rings. The van der Waals surface area contributed by atoms with Crippen LogP contribution < -0.4 is 0 Å². The summed E-state index contributed by atoms with van der Waals surface area (Å²) in [4.78, 5) is 21.1. The SMILES string of the molecule is CC(C)(C)OC(=O)N1CCC[C@@H]1c1[nH]c2cc(Br)ncc2c1F. The molecule has 3 rings (SSSR count). The number of carbonyl (C=O) groups is 1. The van der Waals surface area contributed by atoms with Gasteiger partial charge in [0.25, 0.3) is 0 Å². The van der Waals surface area contributed by atoms with Gasteiger partial charge in [-0.1, -0.05) is 0 Å². The highest BCUT2D eigenvalue weighted by molar-refractivity contribution is 9.10. The summed E-state index contributed by atoms with van der Waals surface area (Å²) in [5.41, 5.74) is 0.511. The smallest absolute Gasteiger partial charge is 0.410 e. The summed E-state index contributed by atoms with van der Waals surface area (Å²) in [7, 11) is 0. The second-order valence-electron chi connectivity index (χ2n) is 6.74. The van der Waals surface area contributed by atoms with Crippen molar-refractivity contribution in [1.29, 1.82) is 0 Å². The number of nitrogens with one attached hydrogen (secondary N) is 1. The van der Waals surface area contributed by atoms with Crippen molar-refractivity contribution in [2.24, 2.45) is 0 Å². The Hall–Kier alpha value is -1.63. The van der Waals surface area contributed by atoms with E-state index in [-0.39, 0.29) is 11.9 Å². The van der Waals surface area contributed by atoms with Gasteiger partial charge in [0.1, 0.15) is 10.2 Å². The topological polar surface area (TPSA) is 58.2 Å². The molecule has 0 spiro atoms.